The number of amides is 1. The van der Waals surface area contributed by atoms with Gasteiger partial charge in [0.1, 0.15) is 18.1 Å². The van der Waals surface area contributed by atoms with Crippen molar-refractivity contribution in [2.24, 2.45) is 0 Å². The average molecular weight is 432 g/mol. The molecule has 0 atom stereocenters. The van der Waals surface area contributed by atoms with E-state index in [4.69, 9.17) is 4.74 Å². The third-order valence-electron chi connectivity index (χ3n) is 5.16. The van der Waals surface area contributed by atoms with E-state index in [0.717, 1.165) is 22.0 Å². The van der Waals surface area contributed by atoms with Crippen molar-refractivity contribution in [1.29, 1.82) is 0 Å². The number of carbonyl (C=O) groups excluding carboxylic acids is 2. The van der Waals surface area contributed by atoms with E-state index in [0.29, 0.717) is 12.1 Å². The number of fused-ring (bicyclic) bond motifs is 1. The standard InChI is InChI=1S/C24H21FN4O3/c1-32-21(30)15-29(12-9-17-14-28-20-8-7-18(25)13-19(17)20)24(31)23-22(26-10-11-27-23)16-5-3-2-4-6-16/h2-8,10-11,13-14,28H,9,12,15H2,1H3. The van der Waals surface area contributed by atoms with Crippen LogP contribution < -0.4 is 0 Å². The minimum absolute atomic E-state index is 0.146. The number of aromatic nitrogens is 3. The number of nitrogens with one attached hydrogen (secondary N) is 1. The predicted molar refractivity (Wildman–Crippen MR) is 117 cm³/mol. The molecule has 0 aliphatic carbocycles. The number of methoxy groups -OCH3 is 1. The molecule has 7 nitrogen and oxygen atoms in total. The van der Waals surface area contributed by atoms with Gasteiger partial charge in [-0.3, -0.25) is 14.6 Å². The summed E-state index contributed by atoms with van der Waals surface area (Å²) in [6.07, 6.45) is 5.15. The maximum Gasteiger partial charge on any atom is 0.325 e. The highest BCUT2D eigenvalue weighted by molar-refractivity contribution is 5.99. The summed E-state index contributed by atoms with van der Waals surface area (Å²) in [5.41, 5.74) is 2.96. The molecule has 4 rings (SSSR count). The van der Waals surface area contributed by atoms with Crippen LogP contribution in [0, 0.1) is 5.82 Å². The van der Waals surface area contributed by atoms with Gasteiger partial charge in [-0.2, -0.15) is 0 Å². The summed E-state index contributed by atoms with van der Waals surface area (Å²) in [5, 5.41) is 0.736. The van der Waals surface area contributed by atoms with E-state index in [1.165, 1.54) is 36.5 Å². The fourth-order valence-corrected chi connectivity index (χ4v) is 3.54. The van der Waals surface area contributed by atoms with Crippen LogP contribution in [0.2, 0.25) is 0 Å². The third-order valence-corrected chi connectivity index (χ3v) is 5.16. The molecule has 0 bridgehead atoms. The van der Waals surface area contributed by atoms with E-state index in [1.807, 2.05) is 30.3 Å². The highest BCUT2D eigenvalue weighted by Gasteiger charge is 2.24. The fraction of sp³-hybridized carbons (Fsp3) is 0.167. The largest absolute Gasteiger partial charge is 0.468 e. The Morgan fingerprint density at radius 2 is 1.88 bits per heavy atom. The van der Waals surface area contributed by atoms with Crippen molar-refractivity contribution in [1.82, 2.24) is 19.9 Å². The molecule has 0 saturated carbocycles. The summed E-state index contributed by atoms with van der Waals surface area (Å²) in [5.74, 6) is -1.32. The second kappa shape index (κ2) is 9.38. The topological polar surface area (TPSA) is 88.2 Å². The molecule has 0 aliphatic heterocycles. The molecule has 2 heterocycles. The number of aromatic amines is 1. The zero-order chi connectivity index (χ0) is 22.5. The number of H-pyrrole nitrogens is 1. The SMILES string of the molecule is COC(=O)CN(CCc1c[nH]c2ccc(F)cc12)C(=O)c1nccnc1-c1ccccc1. The van der Waals surface area contributed by atoms with Crippen LogP contribution in [-0.4, -0.2) is 51.9 Å². The van der Waals surface area contributed by atoms with Gasteiger partial charge in [0.05, 0.1) is 7.11 Å². The van der Waals surface area contributed by atoms with Crippen LogP contribution >= 0.6 is 0 Å². The highest BCUT2D eigenvalue weighted by Crippen LogP contribution is 2.22. The molecule has 1 amide bonds. The normalized spacial score (nSPS) is 10.8. The number of nitrogens with zero attached hydrogens (tertiary/aromatic N) is 3. The van der Waals surface area contributed by atoms with Gasteiger partial charge in [-0.15, -0.1) is 0 Å². The first kappa shape index (κ1) is 21.2. The number of carbonyl (C=O) groups is 2. The second-order valence-electron chi connectivity index (χ2n) is 7.18. The molecule has 0 saturated heterocycles. The first-order valence-electron chi connectivity index (χ1n) is 10.0. The van der Waals surface area contributed by atoms with Crippen molar-refractivity contribution < 1.29 is 18.7 Å². The summed E-state index contributed by atoms with van der Waals surface area (Å²) in [4.78, 5) is 38.5. The monoisotopic (exact) mass is 432 g/mol. The van der Waals surface area contributed by atoms with Crippen molar-refractivity contribution in [3.8, 4) is 11.3 Å². The second-order valence-corrected chi connectivity index (χ2v) is 7.18. The van der Waals surface area contributed by atoms with Crippen molar-refractivity contribution in [2.75, 3.05) is 20.2 Å². The van der Waals surface area contributed by atoms with Crippen LogP contribution in [0.15, 0.2) is 67.1 Å². The molecule has 2 aromatic carbocycles. The number of hydrogen-bond donors (Lipinski definition) is 1. The third kappa shape index (κ3) is 4.49. The molecular formula is C24H21FN4O3. The van der Waals surface area contributed by atoms with E-state index >= 15 is 0 Å². The molecule has 4 aromatic rings. The predicted octanol–water partition coefficient (Wildman–Crippen LogP) is 3.62. The Hall–Kier alpha value is -4.07. The van der Waals surface area contributed by atoms with Gasteiger partial charge in [0.2, 0.25) is 0 Å². The molecule has 0 spiro atoms. The Morgan fingerprint density at radius 3 is 2.66 bits per heavy atom. The molecule has 0 unspecified atom stereocenters. The Labute approximate surface area is 183 Å². The van der Waals surface area contributed by atoms with Gasteiger partial charge in [-0.1, -0.05) is 30.3 Å². The minimum Gasteiger partial charge on any atom is -0.468 e. The number of halogens is 1. The summed E-state index contributed by atoms with van der Waals surface area (Å²) < 4.78 is 18.5. The molecule has 0 radical (unpaired) electrons. The molecule has 8 heteroatoms. The lowest BCUT2D eigenvalue weighted by Crippen LogP contribution is -2.38. The van der Waals surface area contributed by atoms with Gasteiger partial charge < -0.3 is 14.6 Å². The summed E-state index contributed by atoms with van der Waals surface area (Å²) in [6.45, 7) is -0.0287. The van der Waals surface area contributed by atoms with E-state index < -0.39 is 11.9 Å². The smallest absolute Gasteiger partial charge is 0.325 e. The number of rotatable bonds is 7. The van der Waals surface area contributed by atoms with Gasteiger partial charge in [-0.25, -0.2) is 9.37 Å². The molecular weight excluding hydrogens is 411 g/mol. The Morgan fingerprint density at radius 1 is 1.09 bits per heavy atom. The lowest BCUT2D eigenvalue weighted by atomic mass is 10.1. The Bertz CT molecular complexity index is 1260. The van der Waals surface area contributed by atoms with E-state index in [9.17, 15) is 14.0 Å². The van der Waals surface area contributed by atoms with E-state index in [2.05, 4.69) is 15.0 Å². The van der Waals surface area contributed by atoms with Crippen molar-refractivity contribution in [3.63, 3.8) is 0 Å². The lowest BCUT2D eigenvalue weighted by Gasteiger charge is -2.22. The Kier molecular flexibility index (Phi) is 6.21. The fourth-order valence-electron chi connectivity index (χ4n) is 3.54. The number of ether oxygens (including phenoxy) is 1. The zero-order valence-corrected chi connectivity index (χ0v) is 17.4. The van der Waals surface area contributed by atoms with E-state index in [1.54, 1.807) is 12.3 Å². The first-order chi connectivity index (χ1) is 15.6. The molecule has 0 aliphatic rings. The van der Waals surface area contributed by atoms with Gasteiger partial charge in [0.15, 0.2) is 5.69 Å². The Balaban J connectivity index is 1.63. The van der Waals surface area contributed by atoms with Crippen LogP contribution in [0.3, 0.4) is 0 Å². The van der Waals surface area contributed by atoms with Crippen molar-refractivity contribution in [2.45, 2.75) is 6.42 Å². The van der Waals surface area contributed by atoms with Gasteiger partial charge in [-0.05, 0) is 30.2 Å². The zero-order valence-electron chi connectivity index (χ0n) is 17.4. The van der Waals surface area contributed by atoms with Gasteiger partial charge >= 0.3 is 5.97 Å². The summed E-state index contributed by atoms with van der Waals surface area (Å²) in [6, 6.07) is 13.7. The van der Waals surface area contributed by atoms with Crippen molar-refractivity contribution >= 4 is 22.8 Å². The van der Waals surface area contributed by atoms with Gasteiger partial charge in [0.25, 0.3) is 5.91 Å². The van der Waals surface area contributed by atoms with Crippen LogP contribution in [-0.2, 0) is 16.0 Å². The molecule has 2 aromatic heterocycles. The number of esters is 1. The van der Waals surface area contributed by atoms with Crippen LogP contribution in [0.1, 0.15) is 16.1 Å². The quantitative estimate of drug-likeness (QED) is 0.451. The molecule has 0 fully saturated rings. The van der Waals surface area contributed by atoms with Crippen LogP contribution in [0.5, 0.6) is 0 Å². The maximum absolute atomic E-state index is 13.7. The molecule has 32 heavy (non-hydrogen) atoms. The highest BCUT2D eigenvalue weighted by atomic mass is 19.1. The molecule has 1 N–H and O–H groups in total. The minimum atomic E-state index is -0.548. The van der Waals surface area contributed by atoms with Crippen molar-refractivity contribution in [3.05, 3.63) is 84.2 Å². The maximum atomic E-state index is 13.7. The molecule has 162 valence electrons. The van der Waals surface area contributed by atoms with Gasteiger partial charge in [0, 0.05) is 41.6 Å². The van der Waals surface area contributed by atoms with Crippen LogP contribution in [0.25, 0.3) is 22.2 Å². The summed E-state index contributed by atoms with van der Waals surface area (Å²) in [7, 11) is 1.27. The first-order valence-corrected chi connectivity index (χ1v) is 10.0. The van der Waals surface area contributed by atoms with E-state index in [-0.39, 0.29) is 24.6 Å². The summed E-state index contributed by atoms with van der Waals surface area (Å²) >= 11 is 0. The average Bonchev–Trinajstić information content (AvgIpc) is 3.23. The lowest BCUT2D eigenvalue weighted by molar-refractivity contribution is -0.141. The number of hydrogen-bond acceptors (Lipinski definition) is 5. The number of benzene rings is 2. The van der Waals surface area contributed by atoms with Crippen LogP contribution in [0.4, 0.5) is 4.39 Å².